The van der Waals surface area contributed by atoms with E-state index in [9.17, 15) is 0 Å². The molecule has 0 spiro atoms. The number of hydrogen-bond acceptors (Lipinski definition) is 5. The summed E-state index contributed by atoms with van der Waals surface area (Å²) in [7, 11) is 0. The van der Waals surface area contributed by atoms with Crippen LogP contribution >= 0.6 is 0 Å². The van der Waals surface area contributed by atoms with Gasteiger partial charge in [0.15, 0.2) is 6.39 Å². The van der Waals surface area contributed by atoms with Crippen LogP contribution in [0.25, 0.3) is 28.0 Å². The highest BCUT2D eigenvalue weighted by Gasteiger charge is 2.11. The SMILES string of the molecule is Cc1ocnc1-c1cn(-c2ccc3ncccc3c2)nn1. The van der Waals surface area contributed by atoms with Gasteiger partial charge in [-0.3, -0.25) is 4.98 Å². The maximum Gasteiger partial charge on any atom is 0.181 e. The topological polar surface area (TPSA) is 69.6 Å². The van der Waals surface area contributed by atoms with Crippen LogP contribution in [0.3, 0.4) is 0 Å². The van der Waals surface area contributed by atoms with Gasteiger partial charge in [-0.25, -0.2) is 9.67 Å². The standard InChI is InChI=1S/C15H11N5O/c1-10-15(17-9-21-10)14-8-20(19-18-14)12-4-5-13-11(7-12)3-2-6-16-13/h2-9H,1H3. The lowest BCUT2D eigenvalue weighted by atomic mass is 10.2. The molecule has 3 heterocycles. The van der Waals surface area contributed by atoms with Crippen molar-refractivity contribution in [2.24, 2.45) is 0 Å². The summed E-state index contributed by atoms with van der Waals surface area (Å²) in [5.41, 5.74) is 3.28. The van der Waals surface area contributed by atoms with Gasteiger partial charge in [0.2, 0.25) is 0 Å². The number of rotatable bonds is 2. The molecule has 0 N–H and O–H groups in total. The summed E-state index contributed by atoms with van der Waals surface area (Å²) < 4.78 is 6.91. The van der Waals surface area contributed by atoms with E-state index in [1.54, 1.807) is 10.9 Å². The highest BCUT2D eigenvalue weighted by molar-refractivity contribution is 5.80. The molecular weight excluding hydrogens is 266 g/mol. The Morgan fingerprint density at radius 2 is 2.10 bits per heavy atom. The first-order chi connectivity index (χ1) is 10.3. The molecule has 0 saturated heterocycles. The molecule has 4 rings (SSSR count). The van der Waals surface area contributed by atoms with Gasteiger partial charge in [-0.15, -0.1) is 5.10 Å². The van der Waals surface area contributed by atoms with Crippen LogP contribution in [0.15, 0.2) is 53.5 Å². The molecule has 6 nitrogen and oxygen atoms in total. The predicted molar refractivity (Wildman–Crippen MR) is 76.9 cm³/mol. The number of pyridine rings is 1. The van der Waals surface area contributed by atoms with E-state index in [-0.39, 0.29) is 0 Å². The summed E-state index contributed by atoms with van der Waals surface area (Å²) >= 11 is 0. The second-order valence-electron chi connectivity index (χ2n) is 4.69. The lowest BCUT2D eigenvalue weighted by molar-refractivity contribution is 0.527. The van der Waals surface area contributed by atoms with Crippen LogP contribution in [0.4, 0.5) is 0 Å². The lowest BCUT2D eigenvalue weighted by Gasteiger charge is -2.01. The predicted octanol–water partition coefficient (Wildman–Crippen LogP) is 2.78. The van der Waals surface area contributed by atoms with Crippen molar-refractivity contribution in [3.05, 3.63) is 54.9 Å². The van der Waals surface area contributed by atoms with Crippen LogP contribution in [0, 0.1) is 6.92 Å². The fourth-order valence-corrected chi connectivity index (χ4v) is 2.26. The molecule has 0 bridgehead atoms. The molecule has 0 aliphatic heterocycles. The van der Waals surface area contributed by atoms with Gasteiger partial charge in [0.05, 0.1) is 17.4 Å². The Bertz CT molecular complexity index is 924. The Morgan fingerprint density at radius 1 is 1.14 bits per heavy atom. The number of fused-ring (bicyclic) bond motifs is 1. The molecule has 6 heteroatoms. The zero-order valence-corrected chi connectivity index (χ0v) is 11.3. The summed E-state index contributed by atoms with van der Waals surface area (Å²) in [6.45, 7) is 1.85. The third-order valence-corrected chi connectivity index (χ3v) is 3.33. The molecule has 0 fully saturated rings. The van der Waals surface area contributed by atoms with Crippen molar-refractivity contribution in [2.45, 2.75) is 6.92 Å². The highest BCUT2D eigenvalue weighted by atomic mass is 16.3. The smallest absolute Gasteiger partial charge is 0.181 e. The minimum Gasteiger partial charge on any atom is -0.448 e. The van der Waals surface area contributed by atoms with Crippen LogP contribution in [0.5, 0.6) is 0 Å². The average molecular weight is 277 g/mol. The van der Waals surface area contributed by atoms with E-state index in [1.165, 1.54) is 6.39 Å². The van der Waals surface area contributed by atoms with Gasteiger partial charge in [-0.05, 0) is 31.2 Å². The van der Waals surface area contributed by atoms with Crippen LogP contribution in [-0.4, -0.2) is 25.0 Å². The number of oxazole rings is 1. The lowest BCUT2D eigenvalue weighted by Crippen LogP contribution is -1.94. The third kappa shape index (κ3) is 1.97. The van der Waals surface area contributed by atoms with Crippen molar-refractivity contribution < 1.29 is 4.42 Å². The van der Waals surface area contributed by atoms with Crippen molar-refractivity contribution in [2.75, 3.05) is 0 Å². The number of benzene rings is 1. The van der Waals surface area contributed by atoms with Gasteiger partial charge >= 0.3 is 0 Å². The zero-order valence-electron chi connectivity index (χ0n) is 11.3. The highest BCUT2D eigenvalue weighted by Crippen LogP contribution is 2.21. The van der Waals surface area contributed by atoms with Gasteiger partial charge < -0.3 is 4.42 Å². The molecule has 0 unspecified atom stereocenters. The maximum atomic E-state index is 5.20. The van der Waals surface area contributed by atoms with Crippen molar-refractivity contribution in [3.63, 3.8) is 0 Å². The number of aryl methyl sites for hydroxylation is 1. The first-order valence-electron chi connectivity index (χ1n) is 6.49. The van der Waals surface area contributed by atoms with Crippen LogP contribution < -0.4 is 0 Å². The Labute approximate surface area is 120 Å². The summed E-state index contributed by atoms with van der Waals surface area (Å²) in [4.78, 5) is 8.46. The molecule has 3 aromatic heterocycles. The minimum absolute atomic E-state index is 0.688. The quantitative estimate of drug-likeness (QED) is 0.563. The zero-order chi connectivity index (χ0) is 14.2. The normalized spacial score (nSPS) is 11.1. The van der Waals surface area contributed by atoms with E-state index in [0.29, 0.717) is 11.4 Å². The molecule has 0 atom stereocenters. The first-order valence-corrected chi connectivity index (χ1v) is 6.49. The minimum atomic E-state index is 0.688. The molecule has 4 aromatic rings. The fraction of sp³-hybridized carbons (Fsp3) is 0.0667. The molecule has 102 valence electrons. The molecule has 0 amide bonds. The second kappa shape index (κ2) is 4.52. The summed E-state index contributed by atoms with van der Waals surface area (Å²) in [5.74, 6) is 0.727. The van der Waals surface area contributed by atoms with E-state index >= 15 is 0 Å². The van der Waals surface area contributed by atoms with Crippen LogP contribution in [0.2, 0.25) is 0 Å². The molecule has 0 aliphatic rings. The average Bonchev–Trinajstić information content (AvgIpc) is 3.15. The molecule has 21 heavy (non-hydrogen) atoms. The van der Waals surface area contributed by atoms with Crippen molar-refractivity contribution in [3.8, 4) is 17.1 Å². The van der Waals surface area contributed by atoms with E-state index in [2.05, 4.69) is 20.3 Å². The Hall–Kier alpha value is -3.02. The third-order valence-electron chi connectivity index (χ3n) is 3.33. The van der Waals surface area contributed by atoms with Gasteiger partial charge in [0, 0.05) is 11.6 Å². The van der Waals surface area contributed by atoms with E-state index in [1.807, 2.05) is 43.5 Å². The van der Waals surface area contributed by atoms with Crippen LogP contribution in [0.1, 0.15) is 5.76 Å². The monoisotopic (exact) mass is 277 g/mol. The Kier molecular flexibility index (Phi) is 2.53. The second-order valence-corrected chi connectivity index (χ2v) is 4.69. The van der Waals surface area contributed by atoms with Gasteiger partial charge in [-0.1, -0.05) is 11.3 Å². The number of hydrogen-bond donors (Lipinski definition) is 0. The van der Waals surface area contributed by atoms with E-state index in [0.717, 1.165) is 22.4 Å². The maximum absolute atomic E-state index is 5.20. The summed E-state index contributed by atoms with van der Waals surface area (Å²) in [6.07, 6.45) is 5.02. The van der Waals surface area contributed by atoms with Crippen molar-refractivity contribution in [1.82, 2.24) is 25.0 Å². The van der Waals surface area contributed by atoms with E-state index < -0.39 is 0 Å². The summed E-state index contributed by atoms with van der Waals surface area (Å²) in [5, 5.41) is 9.37. The van der Waals surface area contributed by atoms with Crippen LogP contribution in [-0.2, 0) is 0 Å². The molecule has 0 radical (unpaired) electrons. The van der Waals surface area contributed by atoms with Crippen molar-refractivity contribution >= 4 is 10.9 Å². The first kappa shape index (κ1) is 11.8. The Morgan fingerprint density at radius 3 is 2.95 bits per heavy atom. The van der Waals surface area contributed by atoms with E-state index in [4.69, 9.17) is 4.42 Å². The molecule has 0 aliphatic carbocycles. The fourth-order valence-electron chi connectivity index (χ4n) is 2.26. The largest absolute Gasteiger partial charge is 0.448 e. The van der Waals surface area contributed by atoms with Crippen molar-refractivity contribution in [1.29, 1.82) is 0 Å². The van der Waals surface area contributed by atoms with Gasteiger partial charge in [-0.2, -0.15) is 0 Å². The number of nitrogens with zero attached hydrogens (tertiary/aromatic N) is 5. The molecule has 1 aromatic carbocycles. The Balaban J connectivity index is 1.79. The molecule has 0 saturated carbocycles. The van der Waals surface area contributed by atoms with Gasteiger partial charge in [0.1, 0.15) is 17.1 Å². The molecular formula is C15H11N5O. The number of aromatic nitrogens is 5. The van der Waals surface area contributed by atoms with Gasteiger partial charge in [0.25, 0.3) is 0 Å². The summed E-state index contributed by atoms with van der Waals surface area (Å²) in [6, 6.07) is 9.89.